The summed E-state index contributed by atoms with van der Waals surface area (Å²) in [6.07, 6.45) is 53.7. The van der Waals surface area contributed by atoms with Crippen molar-refractivity contribution in [3.05, 3.63) is 0 Å². The monoisotopic (exact) mass is 623 g/mol. The molecule has 0 amide bonds. The van der Waals surface area contributed by atoms with E-state index in [4.69, 9.17) is 5.11 Å². The molecule has 0 aromatic rings. The molecule has 0 rings (SSSR count). The van der Waals surface area contributed by atoms with Crippen LogP contribution in [0.4, 0.5) is 0 Å². The molecule has 0 fully saturated rings. The molecule has 266 valence electrons. The number of rotatable bonds is 40. The topological polar surface area (TPSA) is 40.5 Å². The van der Waals surface area contributed by atoms with Crippen molar-refractivity contribution in [2.24, 2.45) is 0 Å². The molecule has 0 saturated carbocycles. The maximum atomic E-state index is 10.2. The number of hydrogen-bond acceptors (Lipinski definition) is 2. The highest BCUT2D eigenvalue weighted by molar-refractivity contribution is 4.58. The molecule has 0 aliphatic carbocycles. The molecule has 1 atom stereocenters. The lowest BCUT2D eigenvalue weighted by molar-refractivity contribution is 0.147. The molecule has 0 radical (unpaired) electrons. The Hall–Kier alpha value is -0.0800. The van der Waals surface area contributed by atoms with E-state index in [1.54, 1.807) is 0 Å². The third-order valence-electron chi connectivity index (χ3n) is 10.1. The van der Waals surface area contributed by atoms with Gasteiger partial charge in [0, 0.05) is 6.61 Å². The van der Waals surface area contributed by atoms with Crippen molar-refractivity contribution in [2.75, 3.05) is 6.61 Å². The Morgan fingerprint density at radius 2 is 0.455 bits per heavy atom. The molecule has 0 aliphatic heterocycles. The fraction of sp³-hybridized carbons (Fsp3) is 1.00. The maximum absolute atomic E-state index is 10.2. The normalized spacial score (nSPS) is 12.3. The lowest BCUT2D eigenvalue weighted by Crippen LogP contribution is -2.05. The Labute approximate surface area is 279 Å². The molecule has 1 unspecified atom stereocenters. The second-order valence-corrected chi connectivity index (χ2v) is 14.7. The fourth-order valence-corrected chi connectivity index (χ4v) is 6.92. The fourth-order valence-electron chi connectivity index (χ4n) is 6.92. The van der Waals surface area contributed by atoms with Crippen molar-refractivity contribution in [2.45, 2.75) is 263 Å². The first-order chi connectivity index (χ1) is 21.8. The molecule has 2 heteroatoms. The van der Waals surface area contributed by atoms with E-state index >= 15 is 0 Å². The predicted molar refractivity (Wildman–Crippen MR) is 199 cm³/mol. The van der Waals surface area contributed by atoms with Gasteiger partial charge in [0.2, 0.25) is 0 Å². The van der Waals surface area contributed by atoms with Crippen LogP contribution >= 0.6 is 0 Å². The first kappa shape index (κ1) is 43.9. The van der Waals surface area contributed by atoms with E-state index in [2.05, 4.69) is 6.92 Å². The largest absolute Gasteiger partial charge is 0.396 e. The molecule has 0 aliphatic rings. The van der Waals surface area contributed by atoms with Crippen molar-refractivity contribution in [3.8, 4) is 0 Å². The van der Waals surface area contributed by atoms with Crippen molar-refractivity contribution in [1.82, 2.24) is 0 Å². The number of aliphatic hydroxyl groups is 2. The Kier molecular flexibility index (Phi) is 40.9. The van der Waals surface area contributed by atoms with Crippen molar-refractivity contribution >= 4 is 0 Å². The summed E-state index contributed by atoms with van der Waals surface area (Å²) >= 11 is 0. The highest BCUT2D eigenvalue weighted by Gasteiger charge is 2.04. The lowest BCUT2D eigenvalue weighted by atomic mass is 10.0. The molecule has 0 aromatic heterocycles. The minimum atomic E-state index is -0.0371. The first-order valence-corrected chi connectivity index (χ1v) is 21.1. The highest BCUT2D eigenvalue weighted by Crippen LogP contribution is 2.18. The summed E-state index contributed by atoms with van der Waals surface area (Å²) in [5.74, 6) is 0. The van der Waals surface area contributed by atoms with Crippen LogP contribution in [0.15, 0.2) is 0 Å². The molecule has 0 bridgehead atoms. The summed E-state index contributed by atoms with van der Waals surface area (Å²) < 4.78 is 0. The highest BCUT2D eigenvalue weighted by atomic mass is 16.3. The Bertz CT molecular complexity index is 478. The van der Waals surface area contributed by atoms with Crippen LogP contribution in [0.25, 0.3) is 0 Å². The van der Waals surface area contributed by atoms with Crippen LogP contribution in [0.1, 0.15) is 257 Å². The SMILES string of the molecule is CCCCCCCCCCC(O)CCCCCCCCCCCCCCCCCCCCCCCCCCCCCCCO. The molecule has 0 saturated heterocycles. The second-order valence-electron chi connectivity index (χ2n) is 14.7. The van der Waals surface area contributed by atoms with Gasteiger partial charge in [-0.1, -0.05) is 238 Å². The molecule has 2 nitrogen and oxygen atoms in total. The standard InChI is InChI=1S/C42H86O2/c1-2-3-4-5-6-30-33-36-39-42(44)40-37-34-31-28-26-24-22-20-18-16-14-12-10-8-7-9-11-13-15-17-19-21-23-25-27-29-32-35-38-41-43/h42-44H,2-41H2,1H3. The van der Waals surface area contributed by atoms with Crippen molar-refractivity contribution in [3.63, 3.8) is 0 Å². The van der Waals surface area contributed by atoms with Gasteiger partial charge in [0.15, 0.2) is 0 Å². The summed E-state index contributed by atoms with van der Waals surface area (Å²) in [6.45, 7) is 2.65. The van der Waals surface area contributed by atoms with E-state index in [1.807, 2.05) is 0 Å². The van der Waals surface area contributed by atoms with Crippen molar-refractivity contribution in [1.29, 1.82) is 0 Å². The summed E-state index contributed by atoms with van der Waals surface area (Å²) in [7, 11) is 0. The lowest BCUT2D eigenvalue weighted by Gasteiger charge is -2.10. The maximum Gasteiger partial charge on any atom is 0.0540 e. The van der Waals surface area contributed by atoms with Crippen LogP contribution in [0, 0.1) is 0 Å². The molecule has 2 N–H and O–H groups in total. The van der Waals surface area contributed by atoms with E-state index in [9.17, 15) is 5.11 Å². The third kappa shape index (κ3) is 39.9. The van der Waals surface area contributed by atoms with Gasteiger partial charge in [-0.2, -0.15) is 0 Å². The summed E-state index contributed by atoms with van der Waals surface area (Å²) in [5.41, 5.74) is 0. The van der Waals surface area contributed by atoms with Gasteiger partial charge >= 0.3 is 0 Å². The summed E-state index contributed by atoms with van der Waals surface area (Å²) in [6, 6.07) is 0. The van der Waals surface area contributed by atoms with E-state index in [0.717, 1.165) is 19.3 Å². The van der Waals surface area contributed by atoms with Crippen molar-refractivity contribution < 1.29 is 10.2 Å². The number of unbranched alkanes of at least 4 members (excludes halogenated alkanes) is 35. The van der Waals surface area contributed by atoms with Crippen LogP contribution in [0.2, 0.25) is 0 Å². The van der Waals surface area contributed by atoms with Gasteiger partial charge in [-0.3, -0.25) is 0 Å². The van der Waals surface area contributed by atoms with E-state index in [1.165, 1.54) is 231 Å². The smallest absolute Gasteiger partial charge is 0.0540 e. The average Bonchev–Trinajstić information content (AvgIpc) is 3.03. The second kappa shape index (κ2) is 40.9. The van der Waals surface area contributed by atoms with Crippen LogP contribution in [0.5, 0.6) is 0 Å². The van der Waals surface area contributed by atoms with E-state index in [0.29, 0.717) is 6.61 Å². The zero-order chi connectivity index (χ0) is 31.9. The number of hydrogen-bond donors (Lipinski definition) is 2. The summed E-state index contributed by atoms with van der Waals surface area (Å²) in [5, 5.41) is 19.0. The Morgan fingerprint density at radius 1 is 0.273 bits per heavy atom. The third-order valence-corrected chi connectivity index (χ3v) is 10.1. The minimum absolute atomic E-state index is 0.0371. The zero-order valence-electron chi connectivity index (χ0n) is 30.8. The van der Waals surface area contributed by atoms with E-state index < -0.39 is 0 Å². The molecule has 0 aromatic carbocycles. The quantitative estimate of drug-likeness (QED) is 0.0667. The van der Waals surface area contributed by atoms with Gasteiger partial charge < -0.3 is 10.2 Å². The number of aliphatic hydroxyl groups excluding tert-OH is 2. The first-order valence-electron chi connectivity index (χ1n) is 21.1. The molecule has 44 heavy (non-hydrogen) atoms. The zero-order valence-corrected chi connectivity index (χ0v) is 30.8. The van der Waals surface area contributed by atoms with Gasteiger partial charge in [-0.15, -0.1) is 0 Å². The van der Waals surface area contributed by atoms with Gasteiger partial charge in [0.25, 0.3) is 0 Å². The van der Waals surface area contributed by atoms with Gasteiger partial charge in [-0.05, 0) is 19.3 Å². The predicted octanol–water partition coefficient (Wildman–Crippen LogP) is 14.6. The van der Waals surface area contributed by atoms with Crippen LogP contribution in [-0.2, 0) is 0 Å². The molecule has 0 spiro atoms. The average molecular weight is 623 g/mol. The molecular weight excluding hydrogens is 536 g/mol. The van der Waals surface area contributed by atoms with Crippen LogP contribution in [-0.4, -0.2) is 22.9 Å². The van der Waals surface area contributed by atoms with Gasteiger partial charge in [0.1, 0.15) is 0 Å². The Morgan fingerprint density at radius 3 is 0.659 bits per heavy atom. The Balaban J connectivity index is 3.10. The van der Waals surface area contributed by atoms with Gasteiger partial charge in [-0.25, -0.2) is 0 Å². The summed E-state index contributed by atoms with van der Waals surface area (Å²) in [4.78, 5) is 0. The molecule has 0 heterocycles. The molecular formula is C42H86O2. The minimum Gasteiger partial charge on any atom is -0.396 e. The van der Waals surface area contributed by atoms with E-state index in [-0.39, 0.29) is 6.10 Å². The van der Waals surface area contributed by atoms with Crippen LogP contribution in [0.3, 0.4) is 0 Å². The van der Waals surface area contributed by atoms with Gasteiger partial charge in [0.05, 0.1) is 6.10 Å². The van der Waals surface area contributed by atoms with Crippen LogP contribution < -0.4 is 0 Å².